The van der Waals surface area contributed by atoms with E-state index in [2.05, 4.69) is 25.1 Å². The van der Waals surface area contributed by atoms with Crippen LogP contribution in [0, 0.1) is 0 Å². The molecule has 1 aromatic carbocycles. The van der Waals surface area contributed by atoms with Crippen LogP contribution in [0.4, 0.5) is 5.82 Å². The number of aromatic nitrogens is 5. The largest absolute Gasteiger partial charge is 0.352 e. The Bertz CT molecular complexity index is 1310. The first kappa shape index (κ1) is 20.7. The molecule has 1 fully saturated rings. The van der Waals surface area contributed by atoms with E-state index < -0.39 is 0 Å². The Labute approximate surface area is 190 Å². The Morgan fingerprint density at radius 2 is 1.67 bits per heavy atom. The maximum Gasteiger partial charge on any atom is 0.261 e. The Hall–Kier alpha value is -4.14. The van der Waals surface area contributed by atoms with Gasteiger partial charge in [-0.3, -0.25) is 19.1 Å². The van der Waals surface area contributed by atoms with Crippen LogP contribution in [-0.4, -0.2) is 61.7 Å². The number of fused-ring (bicyclic) bond motifs is 1. The minimum Gasteiger partial charge on any atom is -0.352 e. The molecule has 0 atom stereocenters. The lowest BCUT2D eigenvalue weighted by molar-refractivity contribution is -0.131. The monoisotopic (exact) mass is 441 g/mol. The molecule has 3 aromatic heterocycles. The lowest BCUT2D eigenvalue weighted by atomic mass is 10.2. The van der Waals surface area contributed by atoms with Gasteiger partial charge in [-0.2, -0.15) is 0 Å². The molecule has 4 heterocycles. The van der Waals surface area contributed by atoms with Gasteiger partial charge in [-0.05, 0) is 36.4 Å². The van der Waals surface area contributed by atoms with Crippen molar-refractivity contribution in [1.82, 2.24) is 29.6 Å². The number of anilines is 1. The first-order valence-corrected chi connectivity index (χ1v) is 10.9. The molecule has 1 amide bonds. The highest BCUT2D eigenvalue weighted by atomic mass is 16.2. The van der Waals surface area contributed by atoms with Crippen molar-refractivity contribution in [2.45, 2.75) is 13.0 Å². The fourth-order valence-electron chi connectivity index (χ4n) is 3.97. The lowest BCUT2D eigenvalue weighted by Gasteiger charge is -2.35. The fourth-order valence-corrected chi connectivity index (χ4v) is 3.97. The first-order chi connectivity index (χ1) is 16.2. The van der Waals surface area contributed by atoms with E-state index in [1.54, 1.807) is 12.3 Å². The SMILES string of the molecule is O=C(CCn1cnc2ccccc2c1=O)N1CCN(c2ccc(-c3ccccn3)nn2)CC1. The van der Waals surface area contributed by atoms with Crippen LogP contribution in [0.3, 0.4) is 0 Å². The van der Waals surface area contributed by atoms with Crippen LogP contribution in [0.1, 0.15) is 6.42 Å². The average molecular weight is 441 g/mol. The number of para-hydroxylation sites is 1. The van der Waals surface area contributed by atoms with E-state index in [4.69, 9.17) is 0 Å². The third kappa shape index (κ3) is 4.43. The Morgan fingerprint density at radius 3 is 2.42 bits per heavy atom. The van der Waals surface area contributed by atoms with Gasteiger partial charge in [0.25, 0.3) is 5.56 Å². The average Bonchev–Trinajstić information content (AvgIpc) is 2.89. The zero-order valence-electron chi connectivity index (χ0n) is 18.0. The molecule has 1 aliphatic heterocycles. The van der Waals surface area contributed by atoms with Gasteiger partial charge in [0.2, 0.25) is 5.91 Å². The van der Waals surface area contributed by atoms with Crippen molar-refractivity contribution >= 4 is 22.6 Å². The summed E-state index contributed by atoms with van der Waals surface area (Å²) in [6.07, 6.45) is 3.51. The van der Waals surface area contributed by atoms with E-state index in [0.29, 0.717) is 43.6 Å². The van der Waals surface area contributed by atoms with Gasteiger partial charge in [0.15, 0.2) is 5.82 Å². The summed E-state index contributed by atoms with van der Waals surface area (Å²) in [5.41, 5.74) is 2.06. The summed E-state index contributed by atoms with van der Waals surface area (Å²) in [7, 11) is 0. The zero-order valence-corrected chi connectivity index (χ0v) is 18.0. The number of carbonyl (C=O) groups is 1. The summed E-state index contributed by atoms with van der Waals surface area (Å²) in [4.78, 5) is 37.9. The van der Waals surface area contributed by atoms with Crippen LogP contribution in [0.5, 0.6) is 0 Å². The second kappa shape index (κ2) is 9.15. The van der Waals surface area contributed by atoms with Crippen molar-refractivity contribution in [2.75, 3.05) is 31.1 Å². The number of nitrogens with zero attached hydrogens (tertiary/aromatic N) is 7. The number of amides is 1. The van der Waals surface area contributed by atoms with Gasteiger partial charge >= 0.3 is 0 Å². The predicted molar refractivity (Wildman–Crippen MR) is 125 cm³/mol. The number of carbonyl (C=O) groups excluding carboxylic acids is 1. The third-order valence-corrected chi connectivity index (χ3v) is 5.83. The lowest BCUT2D eigenvalue weighted by Crippen LogP contribution is -2.49. The summed E-state index contributed by atoms with van der Waals surface area (Å²) in [5, 5.41) is 9.21. The van der Waals surface area contributed by atoms with Gasteiger partial charge in [-0.15, -0.1) is 10.2 Å². The molecule has 0 N–H and O–H groups in total. The fraction of sp³-hybridized carbons (Fsp3) is 0.250. The number of hydrogen-bond donors (Lipinski definition) is 0. The maximum atomic E-state index is 12.7. The van der Waals surface area contributed by atoms with E-state index in [1.165, 1.54) is 10.9 Å². The highest BCUT2D eigenvalue weighted by Gasteiger charge is 2.22. The van der Waals surface area contributed by atoms with E-state index in [9.17, 15) is 9.59 Å². The predicted octanol–water partition coefficient (Wildman–Crippen LogP) is 1.99. The van der Waals surface area contributed by atoms with Gasteiger partial charge < -0.3 is 9.80 Å². The standard InChI is InChI=1S/C24H23N7O2/c32-23(10-12-31-17-26-19-6-2-1-5-18(19)24(31)33)30-15-13-29(14-16-30)22-9-8-21(27-28-22)20-7-3-4-11-25-20/h1-9,11,17H,10,12-16H2. The van der Waals surface area contributed by atoms with Crippen molar-refractivity contribution in [1.29, 1.82) is 0 Å². The highest BCUT2D eigenvalue weighted by Crippen LogP contribution is 2.18. The van der Waals surface area contributed by atoms with Crippen LogP contribution in [0.25, 0.3) is 22.3 Å². The molecule has 0 aliphatic carbocycles. The molecule has 0 radical (unpaired) electrons. The zero-order chi connectivity index (χ0) is 22.6. The van der Waals surface area contributed by atoms with Crippen LogP contribution < -0.4 is 10.5 Å². The second-order valence-corrected chi connectivity index (χ2v) is 7.87. The molecule has 1 aliphatic rings. The van der Waals surface area contributed by atoms with Gasteiger partial charge in [0.1, 0.15) is 5.69 Å². The summed E-state index contributed by atoms with van der Waals surface area (Å²) in [6, 6.07) is 16.8. The summed E-state index contributed by atoms with van der Waals surface area (Å²) < 4.78 is 1.51. The molecule has 0 bridgehead atoms. The minimum atomic E-state index is -0.119. The van der Waals surface area contributed by atoms with Crippen molar-refractivity contribution in [3.05, 3.63) is 77.5 Å². The number of rotatable bonds is 5. The quantitative estimate of drug-likeness (QED) is 0.467. The molecular formula is C24H23N7O2. The summed E-state index contributed by atoms with van der Waals surface area (Å²) in [5.74, 6) is 0.821. The minimum absolute atomic E-state index is 0.0336. The van der Waals surface area contributed by atoms with Crippen molar-refractivity contribution in [2.24, 2.45) is 0 Å². The Morgan fingerprint density at radius 1 is 0.848 bits per heavy atom. The Balaban J connectivity index is 1.16. The molecule has 0 unspecified atom stereocenters. The molecule has 0 spiro atoms. The van der Waals surface area contributed by atoms with Gasteiger partial charge in [-0.25, -0.2) is 4.98 Å². The molecule has 1 saturated heterocycles. The molecular weight excluding hydrogens is 418 g/mol. The van der Waals surface area contributed by atoms with Crippen LogP contribution in [0.2, 0.25) is 0 Å². The highest BCUT2D eigenvalue weighted by molar-refractivity contribution is 5.78. The second-order valence-electron chi connectivity index (χ2n) is 7.87. The number of piperazine rings is 1. The Kier molecular flexibility index (Phi) is 5.75. The van der Waals surface area contributed by atoms with E-state index in [1.807, 2.05) is 53.4 Å². The molecule has 166 valence electrons. The summed E-state index contributed by atoms with van der Waals surface area (Å²) >= 11 is 0. The third-order valence-electron chi connectivity index (χ3n) is 5.83. The topological polar surface area (TPSA) is 97.1 Å². The van der Waals surface area contributed by atoms with Crippen molar-refractivity contribution in [3.8, 4) is 11.4 Å². The van der Waals surface area contributed by atoms with Crippen LogP contribution >= 0.6 is 0 Å². The molecule has 9 nitrogen and oxygen atoms in total. The summed E-state index contributed by atoms with van der Waals surface area (Å²) in [6.45, 7) is 2.89. The van der Waals surface area contributed by atoms with Crippen molar-refractivity contribution in [3.63, 3.8) is 0 Å². The molecule has 0 saturated carbocycles. The maximum absolute atomic E-state index is 12.7. The van der Waals surface area contributed by atoms with Crippen LogP contribution in [0.15, 0.2) is 71.9 Å². The van der Waals surface area contributed by atoms with E-state index in [-0.39, 0.29) is 17.9 Å². The number of hydrogen-bond acceptors (Lipinski definition) is 7. The molecule has 33 heavy (non-hydrogen) atoms. The number of pyridine rings is 1. The van der Waals surface area contributed by atoms with Gasteiger partial charge in [-0.1, -0.05) is 18.2 Å². The van der Waals surface area contributed by atoms with E-state index in [0.717, 1.165) is 17.2 Å². The molecule has 9 heteroatoms. The molecule has 5 rings (SSSR count). The smallest absolute Gasteiger partial charge is 0.261 e. The molecule has 4 aromatic rings. The van der Waals surface area contributed by atoms with Crippen molar-refractivity contribution < 1.29 is 4.79 Å². The van der Waals surface area contributed by atoms with Gasteiger partial charge in [0, 0.05) is 45.3 Å². The van der Waals surface area contributed by atoms with Gasteiger partial charge in [0.05, 0.1) is 22.9 Å². The first-order valence-electron chi connectivity index (χ1n) is 10.9. The van der Waals surface area contributed by atoms with E-state index >= 15 is 0 Å². The normalized spacial score (nSPS) is 13.9. The number of benzene rings is 1. The number of aryl methyl sites for hydroxylation is 1. The van der Waals surface area contributed by atoms with Crippen LogP contribution in [-0.2, 0) is 11.3 Å².